The summed E-state index contributed by atoms with van der Waals surface area (Å²) in [5.74, 6) is 1.40. The SMILES string of the molecule is NCC1(CNc2nc(N3Cc4ccccc4SC(O)C3)nc3ccccc23)COC1. The Morgan fingerprint density at radius 3 is 2.77 bits per heavy atom. The number of aliphatic hydroxyl groups excluding tert-OH is 1. The van der Waals surface area contributed by atoms with E-state index in [0.29, 0.717) is 45.3 Å². The minimum atomic E-state index is -0.548. The zero-order valence-electron chi connectivity index (χ0n) is 16.6. The van der Waals surface area contributed by atoms with Crippen LogP contribution in [0.25, 0.3) is 10.9 Å². The van der Waals surface area contributed by atoms with E-state index in [4.69, 9.17) is 20.4 Å². The number of nitrogens with zero attached hydrogens (tertiary/aromatic N) is 3. The van der Waals surface area contributed by atoms with Crippen molar-refractivity contribution in [2.45, 2.75) is 16.9 Å². The van der Waals surface area contributed by atoms with Gasteiger partial charge in [-0.3, -0.25) is 0 Å². The Hall–Kier alpha value is -2.39. The van der Waals surface area contributed by atoms with Crippen LogP contribution in [0.4, 0.5) is 11.8 Å². The number of hydrogen-bond donors (Lipinski definition) is 3. The molecule has 3 aromatic rings. The van der Waals surface area contributed by atoms with Crippen molar-refractivity contribution in [2.75, 3.05) is 43.1 Å². The summed E-state index contributed by atoms with van der Waals surface area (Å²) in [6.07, 6.45) is 0. The van der Waals surface area contributed by atoms with Gasteiger partial charge in [-0.25, -0.2) is 4.98 Å². The second-order valence-electron chi connectivity index (χ2n) is 8.00. The molecule has 0 bridgehead atoms. The highest BCUT2D eigenvalue weighted by Crippen LogP contribution is 2.33. The Bertz CT molecular complexity index is 1050. The van der Waals surface area contributed by atoms with Crippen LogP contribution in [0, 0.1) is 5.41 Å². The molecule has 0 radical (unpaired) electrons. The molecule has 0 saturated carbocycles. The molecular formula is C22H25N5O2S. The summed E-state index contributed by atoms with van der Waals surface area (Å²) >= 11 is 1.48. The molecule has 30 heavy (non-hydrogen) atoms. The van der Waals surface area contributed by atoms with E-state index in [1.807, 2.05) is 47.4 Å². The van der Waals surface area contributed by atoms with E-state index in [1.165, 1.54) is 17.3 Å². The maximum Gasteiger partial charge on any atom is 0.228 e. The molecule has 1 saturated heterocycles. The van der Waals surface area contributed by atoms with Crippen molar-refractivity contribution in [3.8, 4) is 0 Å². The molecule has 5 rings (SSSR count). The molecule has 1 atom stereocenters. The monoisotopic (exact) mass is 423 g/mol. The molecule has 1 unspecified atom stereocenters. The van der Waals surface area contributed by atoms with Gasteiger partial charge in [-0.15, -0.1) is 0 Å². The van der Waals surface area contributed by atoms with Crippen molar-refractivity contribution >= 4 is 34.4 Å². The summed E-state index contributed by atoms with van der Waals surface area (Å²) in [6, 6.07) is 16.2. The zero-order chi connectivity index (χ0) is 20.6. The lowest BCUT2D eigenvalue weighted by Gasteiger charge is -2.40. The van der Waals surface area contributed by atoms with Gasteiger partial charge >= 0.3 is 0 Å². The highest BCUT2D eigenvalue weighted by atomic mass is 32.2. The Kier molecular flexibility index (Phi) is 5.24. The normalized spacial score (nSPS) is 20.3. The van der Waals surface area contributed by atoms with Crippen LogP contribution in [0.3, 0.4) is 0 Å². The molecule has 2 aliphatic rings. The quantitative estimate of drug-likeness (QED) is 0.576. The van der Waals surface area contributed by atoms with Crippen LogP contribution in [0.15, 0.2) is 53.4 Å². The van der Waals surface area contributed by atoms with Gasteiger partial charge in [-0.2, -0.15) is 4.98 Å². The lowest BCUT2D eigenvalue weighted by Crippen LogP contribution is -2.52. The molecule has 0 amide bonds. The summed E-state index contributed by atoms with van der Waals surface area (Å²) in [4.78, 5) is 12.8. The zero-order valence-corrected chi connectivity index (χ0v) is 17.4. The number of thioether (sulfide) groups is 1. The third-order valence-corrected chi connectivity index (χ3v) is 6.80. The van der Waals surface area contributed by atoms with E-state index in [9.17, 15) is 5.11 Å². The number of para-hydroxylation sites is 1. The summed E-state index contributed by atoms with van der Waals surface area (Å²) in [5, 5.41) is 15.0. The lowest BCUT2D eigenvalue weighted by atomic mass is 9.86. The van der Waals surface area contributed by atoms with E-state index >= 15 is 0 Å². The second kappa shape index (κ2) is 8.03. The molecule has 4 N–H and O–H groups in total. The molecule has 0 spiro atoms. The first kappa shape index (κ1) is 19.6. The fourth-order valence-corrected chi connectivity index (χ4v) is 4.83. The number of β-amino-alcohol motifs (C(OH)–C–C–N with tert-alkyl or cyclic N) is 1. The van der Waals surface area contributed by atoms with Crippen molar-refractivity contribution in [2.24, 2.45) is 11.1 Å². The minimum Gasteiger partial charge on any atom is -0.380 e. The summed E-state index contributed by atoms with van der Waals surface area (Å²) in [5.41, 5.74) is 7.43. The molecule has 7 nitrogen and oxygen atoms in total. The first-order valence-electron chi connectivity index (χ1n) is 10.1. The van der Waals surface area contributed by atoms with Crippen molar-refractivity contribution in [1.29, 1.82) is 0 Å². The average Bonchev–Trinajstić information content (AvgIpc) is 2.91. The number of rotatable bonds is 5. The fraction of sp³-hybridized carbons (Fsp3) is 0.364. The van der Waals surface area contributed by atoms with Gasteiger partial charge in [-0.1, -0.05) is 42.1 Å². The third kappa shape index (κ3) is 3.72. The first-order chi connectivity index (χ1) is 14.7. The Balaban J connectivity index is 1.50. The Morgan fingerprint density at radius 1 is 1.17 bits per heavy atom. The van der Waals surface area contributed by atoms with Crippen LogP contribution in [0.1, 0.15) is 5.56 Å². The number of aromatic nitrogens is 2. The summed E-state index contributed by atoms with van der Waals surface area (Å²) < 4.78 is 5.39. The van der Waals surface area contributed by atoms with E-state index in [-0.39, 0.29) is 5.41 Å². The smallest absolute Gasteiger partial charge is 0.228 e. The number of fused-ring (bicyclic) bond motifs is 2. The van der Waals surface area contributed by atoms with Crippen molar-refractivity contribution in [3.05, 3.63) is 54.1 Å². The highest BCUT2D eigenvalue weighted by molar-refractivity contribution is 7.99. The van der Waals surface area contributed by atoms with Gasteiger partial charge in [0.05, 0.1) is 25.3 Å². The largest absolute Gasteiger partial charge is 0.380 e. The number of nitrogens with one attached hydrogen (secondary N) is 1. The van der Waals surface area contributed by atoms with Crippen molar-refractivity contribution in [1.82, 2.24) is 9.97 Å². The number of anilines is 2. The number of ether oxygens (including phenoxy) is 1. The molecule has 156 valence electrons. The van der Waals surface area contributed by atoms with Gasteiger partial charge < -0.3 is 25.8 Å². The van der Waals surface area contributed by atoms with Crippen molar-refractivity contribution < 1.29 is 9.84 Å². The lowest BCUT2D eigenvalue weighted by molar-refractivity contribution is -0.0979. The molecule has 3 heterocycles. The van der Waals surface area contributed by atoms with Crippen LogP contribution in [-0.4, -0.2) is 53.4 Å². The maximum absolute atomic E-state index is 10.6. The van der Waals surface area contributed by atoms with Gasteiger partial charge in [0.1, 0.15) is 11.3 Å². The number of hydrogen-bond acceptors (Lipinski definition) is 8. The first-order valence-corrected chi connectivity index (χ1v) is 11.0. The average molecular weight is 424 g/mol. The topological polar surface area (TPSA) is 96.5 Å². The summed E-state index contributed by atoms with van der Waals surface area (Å²) in [7, 11) is 0. The summed E-state index contributed by atoms with van der Waals surface area (Å²) in [6.45, 7) is 3.71. The fourth-order valence-electron chi connectivity index (χ4n) is 3.84. The molecule has 1 fully saturated rings. The van der Waals surface area contributed by atoms with Gasteiger partial charge in [-0.05, 0) is 23.8 Å². The predicted molar refractivity (Wildman–Crippen MR) is 120 cm³/mol. The third-order valence-electron chi connectivity index (χ3n) is 5.73. The van der Waals surface area contributed by atoms with Crippen LogP contribution < -0.4 is 16.0 Å². The van der Waals surface area contributed by atoms with Crippen LogP contribution in [0.5, 0.6) is 0 Å². The Morgan fingerprint density at radius 2 is 1.97 bits per heavy atom. The van der Waals surface area contributed by atoms with Gasteiger partial charge in [0, 0.05) is 35.3 Å². The van der Waals surface area contributed by atoms with E-state index in [1.54, 1.807) is 0 Å². The Labute approximate surface area is 179 Å². The van der Waals surface area contributed by atoms with E-state index in [2.05, 4.69) is 11.4 Å². The number of benzene rings is 2. The van der Waals surface area contributed by atoms with Crippen LogP contribution in [0.2, 0.25) is 0 Å². The van der Waals surface area contributed by atoms with Gasteiger partial charge in [0.25, 0.3) is 0 Å². The van der Waals surface area contributed by atoms with Gasteiger partial charge in [0.2, 0.25) is 5.95 Å². The second-order valence-corrected chi connectivity index (χ2v) is 9.22. The standard InChI is InChI=1S/C22H25N5O2S/c23-11-22(13-29-14-22)12-24-20-16-6-2-3-7-17(16)25-21(26-20)27-9-15-5-1-4-8-18(15)30-19(28)10-27/h1-8,19,28H,9-14,23H2,(H,24,25,26). The molecule has 1 aromatic heterocycles. The molecule has 2 aromatic carbocycles. The molecular weight excluding hydrogens is 398 g/mol. The van der Waals surface area contributed by atoms with Gasteiger partial charge in [0.15, 0.2) is 0 Å². The van der Waals surface area contributed by atoms with Crippen molar-refractivity contribution in [3.63, 3.8) is 0 Å². The van der Waals surface area contributed by atoms with E-state index in [0.717, 1.165) is 21.6 Å². The molecule has 0 aliphatic carbocycles. The van der Waals surface area contributed by atoms with Crippen LogP contribution in [-0.2, 0) is 11.3 Å². The number of aliphatic hydroxyl groups is 1. The molecule has 2 aliphatic heterocycles. The van der Waals surface area contributed by atoms with Crippen LogP contribution >= 0.6 is 11.8 Å². The highest BCUT2D eigenvalue weighted by Gasteiger charge is 2.37. The van der Waals surface area contributed by atoms with E-state index < -0.39 is 5.44 Å². The molecule has 8 heteroatoms. The number of nitrogens with two attached hydrogens (primary N) is 1. The minimum absolute atomic E-state index is 0.0411. The maximum atomic E-state index is 10.6. The predicted octanol–water partition coefficient (Wildman–Crippen LogP) is 2.45.